The molecule has 0 aromatic heterocycles. The van der Waals surface area contributed by atoms with Gasteiger partial charge in [-0.3, -0.25) is 9.69 Å². The van der Waals surface area contributed by atoms with Gasteiger partial charge in [-0.05, 0) is 49.9 Å². The number of ketones is 1. The minimum Gasteiger partial charge on any atom is -0.485 e. The van der Waals surface area contributed by atoms with Crippen molar-refractivity contribution < 1.29 is 14.6 Å². The Morgan fingerprint density at radius 1 is 1.11 bits per heavy atom. The number of aryl methyl sites for hydroxylation is 1. The van der Waals surface area contributed by atoms with Gasteiger partial charge in [-0.1, -0.05) is 36.4 Å². The number of aliphatic hydroxyl groups is 1. The van der Waals surface area contributed by atoms with Gasteiger partial charge in [0.2, 0.25) is 0 Å². The number of benzene rings is 2. The summed E-state index contributed by atoms with van der Waals surface area (Å²) in [7, 11) is 0. The van der Waals surface area contributed by atoms with Crippen molar-refractivity contribution in [3.05, 3.63) is 65.2 Å². The molecule has 0 bridgehead atoms. The quantitative estimate of drug-likeness (QED) is 0.853. The van der Waals surface area contributed by atoms with E-state index < -0.39 is 5.60 Å². The molecule has 148 valence electrons. The summed E-state index contributed by atoms with van der Waals surface area (Å²) >= 11 is 0. The van der Waals surface area contributed by atoms with Crippen LogP contribution in [-0.2, 0) is 13.0 Å². The number of Topliss-reactive ketones (excluding diaryl/α,β-unsaturated/α-hetero) is 1. The molecule has 2 aromatic carbocycles. The normalized spacial score (nSPS) is 22.3. The molecule has 1 fully saturated rings. The maximum absolute atomic E-state index is 12.6. The minimum atomic E-state index is -0.626. The molecular formula is C24H29NO3. The van der Waals surface area contributed by atoms with E-state index in [1.807, 2.05) is 38.1 Å². The Bertz CT molecular complexity index is 853. The standard InChI is InChI=1S/C24H29NO3/c1-23(2,27)12-11-18-7-9-19(10-8-18)16-25-14-13-24(17-25)15-21(26)20-5-3-4-6-22(20)28-24/h3-10,27H,11-17H2,1-2H3. The fraction of sp³-hybridized carbons (Fsp3) is 0.458. The zero-order valence-electron chi connectivity index (χ0n) is 16.8. The van der Waals surface area contributed by atoms with E-state index in [0.717, 1.165) is 44.6 Å². The van der Waals surface area contributed by atoms with Gasteiger partial charge in [-0.2, -0.15) is 0 Å². The Kier molecular flexibility index (Phi) is 5.02. The molecule has 0 radical (unpaired) electrons. The lowest BCUT2D eigenvalue weighted by Gasteiger charge is -2.34. The molecule has 4 rings (SSSR count). The summed E-state index contributed by atoms with van der Waals surface area (Å²) in [6.07, 6.45) is 2.99. The molecule has 4 nitrogen and oxygen atoms in total. The molecule has 0 amide bonds. The number of likely N-dealkylation sites (tertiary alicyclic amines) is 1. The van der Waals surface area contributed by atoms with E-state index in [4.69, 9.17) is 4.74 Å². The van der Waals surface area contributed by atoms with Crippen molar-refractivity contribution in [2.24, 2.45) is 0 Å². The maximum Gasteiger partial charge on any atom is 0.170 e. The van der Waals surface area contributed by atoms with Crippen LogP contribution < -0.4 is 4.74 Å². The predicted molar refractivity (Wildman–Crippen MR) is 110 cm³/mol. The number of hydrogen-bond donors (Lipinski definition) is 1. The first-order valence-electron chi connectivity index (χ1n) is 10.2. The molecule has 2 aromatic rings. The highest BCUT2D eigenvalue weighted by atomic mass is 16.5. The van der Waals surface area contributed by atoms with Crippen molar-refractivity contribution in [1.29, 1.82) is 0 Å². The second-order valence-corrected chi connectivity index (χ2v) is 8.97. The third-order valence-corrected chi connectivity index (χ3v) is 5.85. The predicted octanol–water partition coefficient (Wildman–Crippen LogP) is 4.00. The van der Waals surface area contributed by atoms with Crippen molar-refractivity contribution in [2.45, 2.75) is 57.3 Å². The second-order valence-electron chi connectivity index (χ2n) is 8.97. The third-order valence-electron chi connectivity index (χ3n) is 5.85. The average Bonchev–Trinajstić information content (AvgIpc) is 3.02. The van der Waals surface area contributed by atoms with Crippen LogP contribution in [-0.4, -0.2) is 40.1 Å². The van der Waals surface area contributed by atoms with E-state index in [0.29, 0.717) is 12.0 Å². The lowest BCUT2D eigenvalue weighted by atomic mass is 9.89. The molecule has 0 aliphatic carbocycles. The highest BCUT2D eigenvalue weighted by molar-refractivity contribution is 6.00. The Morgan fingerprint density at radius 2 is 1.82 bits per heavy atom. The van der Waals surface area contributed by atoms with Crippen LogP contribution in [0.3, 0.4) is 0 Å². The number of ether oxygens (including phenoxy) is 1. The third kappa shape index (κ3) is 4.29. The Morgan fingerprint density at radius 3 is 2.57 bits per heavy atom. The number of para-hydroxylation sites is 1. The first-order valence-corrected chi connectivity index (χ1v) is 10.2. The molecule has 4 heteroatoms. The fourth-order valence-corrected chi connectivity index (χ4v) is 4.25. The van der Waals surface area contributed by atoms with Gasteiger partial charge in [0.25, 0.3) is 0 Å². The summed E-state index contributed by atoms with van der Waals surface area (Å²) < 4.78 is 6.32. The number of carbonyl (C=O) groups excluding carboxylic acids is 1. The minimum absolute atomic E-state index is 0.194. The zero-order valence-corrected chi connectivity index (χ0v) is 16.8. The molecule has 1 saturated heterocycles. The largest absolute Gasteiger partial charge is 0.485 e. The van der Waals surface area contributed by atoms with Crippen molar-refractivity contribution in [1.82, 2.24) is 4.90 Å². The van der Waals surface area contributed by atoms with Crippen LogP contribution in [0.15, 0.2) is 48.5 Å². The van der Waals surface area contributed by atoms with Crippen LogP contribution in [0.5, 0.6) is 5.75 Å². The lowest BCUT2D eigenvalue weighted by molar-refractivity contribution is 0.0455. The summed E-state index contributed by atoms with van der Waals surface area (Å²) in [6, 6.07) is 16.2. The number of fused-ring (bicyclic) bond motifs is 1. The van der Waals surface area contributed by atoms with Crippen LogP contribution in [0.1, 0.15) is 54.6 Å². The van der Waals surface area contributed by atoms with Gasteiger partial charge in [0.05, 0.1) is 17.6 Å². The van der Waals surface area contributed by atoms with E-state index in [9.17, 15) is 9.90 Å². The molecule has 28 heavy (non-hydrogen) atoms. The molecule has 0 saturated carbocycles. The van der Waals surface area contributed by atoms with Crippen LogP contribution in [0.2, 0.25) is 0 Å². The molecule has 1 atom stereocenters. The maximum atomic E-state index is 12.6. The number of carbonyl (C=O) groups is 1. The monoisotopic (exact) mass is 379 g/mol. The summed E-state index contributed by atoms with van der Waals surface area (Å²) in [6.45, 7) is 6.29. The molecule has 2 heterocycles. The second kappa shape index (κ2) is 7.34. The molecular weight excluding hydrogens is 350 g/mol. The van der Waals surface area contributed by atoms with Crippen molar-refractivity contribution in [3.63, 3.8) is 0 Å². The smallest absolute Gasteiger partial charge is 0.170 e. The highest BCUT2D eigenvalue weighted by Crippen LogP contribution is 2.38. The molecule has 1 N–H and O–H groups in total. The Hall–Kier alpha value is -2.17. The van der Waals surface area contributed by atoms with Crippen LogP contribution in [0.4, 0.5) is 0 Å². The van der Waals surface area contributed by atoms with Crippen molar-refractivity contribution >= 4 is 5.78 Å². The summed E-state index contributed by atoms with van der Waals surface area (Å²) in [5, 5.41) is 9.88. The van der Waals surface area contributed by atoms with Gasteiger partial charge in [0, 0.05) is 26.1 Å². The van der Waals surface area contributed by atoms with Gasteiger partial charge in [-0.25, -0.2) is 0 Å². The number of hydrogen-bond acceptors (Lipinski definition) is 4. The van der Waals surface area contributed by atoms with Gasteiger partial charge in [0.15, 0.2) is 5.78 Å². The zero-order chi connectivity index (χ0) is 19.8. The summed E-state index contributed by atoms with van der Waals surface area (Å²) in [4.78, 5) is 14.9. The van der Waals surface area contributed by atoms with E-state index in [2.05, 4.69) is 29.2 Å². The van der Waals surface area contributed by atoms with Crippen LogP contribution in [0, 0.1) is 0 Å². The van der Waals surface area contributed by atoms with Crippen molar-refractivity contribution in [2.75, 3.05) is 13.1 Å². The van der Waals surface area contributed by atoms with Gasteiger partial charge >= 0.3 is 0 Å². The topological polar surface area (TPSA) is 49.8 Å². The molecule has 1 unspecified atom stereocenters. The van der Waals surface area contributed by atoms with Crippen LogP contribution in [0.25, 0.3) is 0 Å². The van der Waals surface area contributed by atoms with E-state index in [-0.39, 0.29) is 11.4 Å². The lowest BCUT2D eigenvalue weighted by Crippen LogP contribution is -2.44. The first kappa shape index (κ1) is 19.2. The fourth-order valence-electron chi connectivity index (χ4n) is 4.25. The van der Waals surface area contributed by atoms with Crippen molar-refractivity contribution in [3.8, 4) is 5.75 Å². The van der Waals surface area contributed by atoms with Gasteiger partial charge in [-0.15, -0.1) is 0 Å². The molecule has 2 aliphatic heterocycles. The number of nitrogens with zero attached hydrogens (tertiary/aromatic N) is 1. The molecule has 2 aliphatic rings. The van der Waals surface area contributed by atoms with Gasteiger partial charge < -0.3 is 9.84 Å². The first-order chi connectivity index (χ1) is 13.3. The molecule has 1 spiro atoms. The van der Waals surface area contributed by atoms with Crippen LogP contribution >= 0.6 is 0 Å². The SMILES string of the molecule is CC(C)(O)CCc1ccc(CN2CCC3(CC(=O)c4ccccc4O3)C2)cc1. The Labute approximate surface area is 167 Å². The summed E-state index contributed by atoms with van der Waals surface area (Å²) in [5.74, 6) is 0.927. The van der Waals surface area contributed by atoms with E-state index in [1.165, 1.54) is 11.1 Å². The Balaban J connectivity index is 1.37. The highest BCUT2D eigenvalue weighted by Gasteiger charge is 2.45. The number of rotatable bonds is 5. The van der Waals surface area contributed by atoms with E-state index >= 15 is 0 Å². The summed E-state index contributed by atoms with van der Waals surface area (Å²) in [5.41, 5.74) is 2.23. The average molecular weight is 380 g/mol. The van der Waals surface area contributed by atoms with E-state index in [1.54, 1.807) is 0 Å². The van der Waals surface area contributed by atoms with Gasteiger partial charge in [0.1, 0.15) is 11.4 Å².